The van der Waals surface area contributed by atoms with E-state index in [1.54, 1.807) is 6.92 Å². The van der Waals surface area contributed by atoms with Gasteiger partial charge in [0.2, 0.25) is 0 Å². The first-order valence-corrected chi connectivity index (χ1v) is 6.08. The molecule has 1 N–H and O–H groups in total. The van der Waals surface area contributed by atoms with E-state index in [0.717, 1.165) is 5.56 Å². The average molecular weight is 237 g/mol. The van der Waals surface area contributed by atoms with E-state index < -0.39 is 16.8 Å². The Morgan fingerprint density at radius 2 is 2.12 bits per heavy atom. The van der Waals surface area contributed by atoms with Gasteiger partial charge in [-0.2, -0.15) is 0 Å². The standard InChI is InChI=1S/C12H14O3S/c1-12(15)7-9(16-10(12)11(13)14)8-5-3-2-4-6-8/h2-6,9-10,15H,7H2,1H3,(H,13,14)/p-1/t9-,10+,12+/m0/s1. The molecule has 1 aliphatic heterocycles. The van der Waals surface area contributed by atoms with Gasteiger partial charge < -0.3 is 15.0 Å². The van der Waals surface area contributed by atoms with Crippen molar-refractivity contribution in [2.24, 2.45) is 0 Å². The minimum Gasteiger partial charge on any atom is -0.549 e. The molecular weight excluding hydrogens is 224 g/mol. The second-order valence-corrected chi connectivity index (χ2v) is 5.61. The highest BCUT2D eigenvalue weighted by molar-refractivity contribution is 8.01. The molecule has 0 amide bonds. The van der Waals surface area contributed by atoms with Crippen LogP contribution in [0.15, 0.2) is 30.3 Å². The fourth-order valence-electron chi connectivity index (χ4n) is 2.01. The molecule has 86 valence electrons. The van der Waals surface area contributed by atoms with Crippen LogP contribution in [0.25, 0.3) is 0 Å². The van der Waals surface area contributed by atoms with Crippen LogP contribution in [-0.4, -0.2) is 21.9 Å². The van der Waals surface area contributed by atoms with Crippen molar-refractivity contribution in [1.29, 1.82) is 0 Å². The highest BCUT2D eigenvalue weighted by atomic mass is 32.2. The van der Waals surface area contributed by atoms with Crippen LogP contribution in [0, 0.1) is 0 Å². The van der Waals surface area contributed by atoms with Gasteiger partial charge in [0.1, 0.15) is 0 Å². The molecule has 1 aromatic carbocycles. The van der Waals surface area contributed by atoms with Crippen molar-refractivity contribution in [3.8, 4) is 0 Å². The molecule has 0 aliphatic carbocycles. The lowest BCUT2D eigenvalue weighted by Crippen LogP contribution is -2.45. The quantitative estimate of drug-likeness (QED) is 0.824. The Kier molecular flexibility index (Phi) is 2.95. The van der Waals surface area contributed by atoms with Gasteiger partial charge in [-0.25, -0.2) is 0 Å². The Labute approximate surface area is 98.5 Å². The van der Waals surface area contributed by atoms with Crippen LogP contribution in [0.4, 0.5) is 0 Å². The fourth-order valence-corrected chi connectivity index (χ4v) is 3.59. The van der Waals surface area contributed by atoms with E-state index in [-0.39, 0.29) is 5.25 Å². The Hall–Kier alpha value is -1.00. The normalized spacial score (nSPS) is 33.9. The lowest BCUT2D eigenvalue weighted by atomic mass is 9.94. The van der Waals surface area contributed by atoms with Gasteiger partial charge in [-0.05, 0) is 18.9 Å². The molecule has 16 heavy (non-hydrogen) atoms. The number of aliphatic hydroxyl groups is 1. The van der Waals surface area contributed by atoms with Crippen LogP contribution in [-0.2, 0) is 4.79 Å². The van der Waals surface area contributed by atoms with E-state index in [9.17, 15) is 15.0 Å². The predicted molar refractivity (Wildman–Crippen MR) is 60.8 cm³/mol. The van der Waals surface area contributed by atoms with E-state index in [1.807, 2.05) is 30.3 Å². The van der Waals surface area contributed by atoms with Crippen molar-refractivity contribution in [3.05, 3.63) is 35.9 Å². The largest absolute Gasteiger partial charge is 0.549 e. The third kappa shape index (κ3) is 2.08. The molecule has 4 heteroatoms. The second kappa shape index (κ2) is 4.11. The summed E-state index contributed by atoms with van der Waals surface area (Å²) in [4.78, 5) is 10.9. The van der Waals surface area contributed by atoms with E-state index in [0.29, 0.717) is 6.42 Å². The van der Waals surface area contributed by atoms with Gasteiger partial charge in [0.25, 0.3) is 0 Å². The third-order valence-electron chi connectivity index (χ3n) is 2.85. The van der Waals surface area contributed by atoms with Gasteiger partial charge >= 0.3 is 0 Å². The molecule has 1 saturated heterocycles. The number of rotatable bonds is 2. The van der Waals surface area contributed by atoms with Crippen LogP contribution < -0.4 is 5.11 Å². The zero-order valence-electron chi connectivity index (χ0n) is 8.92. The number of thioether (sulfide) groups is 1. The Morgan fingerprint density at radius 3 is 2.62 bits per heavy atom. The summed E-state index contributed by atoms with van der Waals surface area (Å²) in [6.45, 7) is 1.56. The average Bonchev–Trinajstić information content (AvgIpc) is 2.56. The first-order valence-electron chi connectivity index (χ1n) is 5.14. The summed E-state index contributed by atoms with van der Waals surface area (Å²) in [5.41, 5.74) is -0.138. The van der Waals surface area contributed by atoms with E-state index >= 15 is 0 Å². The highest BCUT2D eigenvalue weighted by Crippen LogP contribution is 2.49. The molecule has 0 spiro atoms. The summed E-state index contributed by atoms with van der Waals surface area (Å²) in [6.07, 6.45) is 0.445. The van der Waals surface area contributed by atoms with E-state index in [1.165, 1.54) is 11.8 Å². The Morgan fingerprint density at radius 1 is 1.50 bits per heavy atom. The topological polar surface area (TPSA) is 60.4 Å². The van der Waals surface area contributed by atoms with E-state index in [2.05, 4.69) is 0 Å². The predicted octanol–water partition coefficient (Wildman–Crippen LogP) is 0.734. The van der Waals surface area contributed by atoms with Gasteiger partial charge in [0.15, 0.2) is 0 Å². The molecule has 1 aromatic rings. The number of carboxylic acids is 1. The Bertz CT molecular complexity index is 389. The maximum absolute atomic E-state index is 10.9. The lowest BCUT2D eigenvalue weighted by Gasteiger charge is -2.24. The summed E-state index contributed by atoms with van der Waals surface area (Å²) in [5, 5.41) is 20.1. The maximum Gasteiger partial charge on any atom is 0.0804 e. The molecule has 0 aromatic heterocycles. The van der Waals surface area contributed by atoms with Crippen molar-refractivity contribution in [1.82, 2.24) is 0 Å². The third-order valence-corrected chi connectivity index (χ3v) is 4.59. The minimum atomic E-state index is -1.19. The molecule has 0 saturated carbocycles. The number of carbonyl (C=O) groups excluding carboxylic acids is 1. The summed E-state index contributed by atoms with van der Waals surface area (Å²) >= 11 is 1.27. The molecule has 1 heterocycles. The van der Waals surface area contributed by atoms with Crippen LogP contribution >= 0.6 is 11.8 Å². The number of benzene rings is 1. The number of hydrogen-bond donors (Lipinski definition) is 1. The molecule has 3 nitrogen and oxygen atoms in total. The first-order chi connectivity index (χ1) is 7.50. The SMILES string of the molecule is C[C@@]1(O)C[C@@H](c2ccccc2)S[C@@H]1C(=O)[O-]. The molecule has 2 rings (SSSR count). The zero-order chi connectivity index (χ0) is 11.8. The van der Waals surface area contributed by atoms with Crippen molar-refractivity contribution in [3.63, 3.8) is 0 Å². The molecular formula is C12H13O3S-. The smallest absolute Gasteiger partial charge is 0.0804 e. The summed E-state index contributed by atoms with van der Waals surface area (Å²) in [7, 11) is 0. The van der Waals surface area contributed by atoms with Crippen LogP contribution in [0.3, 0.4) is 0 Å². The van der Waals surface area contributed by atoms with Crippen molar-refractivity contribution in [2.75, 3.05) is 0 Å². The molecule has 3 atom stereocenters. The monoisotopic (exact) mass is 237 g/mol. The van der Waals surface area contributed by atoms with Gasteiger partial charge in [-0.15, -0.1) is 11.8 Å². The number of carboxylic acid groups (broad SMARTS) is 1. The fraction of sp³-hybridized carbons (Fsp3) is 0.417. The highest BCUT2D eigenvalue weighted by Gasteiger charge is 2.44. The molecule has 1 fully saturated rings. The zero-order valence-corrected chi connectivity index (χ0v) is 9.74. The van der Waals surface area contributed by atoms with Crippen molar-refractivity contribution in [2.45, 2.75) is 29.4 Å². The number of carbonyl (C=O) groups is 1. The minimum absolute atomic E-state index is 0.0269. The van der Waals surface area contributed by atoms with Crippen LogP contribution in [0.1, 0.15) is 24.2 Å². The number of hydrogen-bond acceptors (Lipinski definition) is 4. The summed E-state index contributed by atoms with van der Waals surface area (Å²) in [6, 6.07) is 9.64. The molecule has 0 bridgehead atoms. The number of aliphatic carboxylic acids is 1. The first kappa shape index (κ1) is 11.5. The van der Waals surface area contributed by atoms with Gasteiger partial charge in [-0.1, -0.05) is 30.3 Å². The summed E-state index contributed by atoms with van der Waals surface area (Å²) in [5.74, 6) is -1.19. The van der Waals surface area contributed by atoms with Crippen LogP contribution in [0.2, 0.25) is 0 Å². The van der Waals surface area contributed by atoms with Crippen molar-refractivity contribution >= 4 is 17.7 Å². The van der Waals surface area contributed by atoms with Gasteiger partial charge in [0.05, 0.1) is 16.8 Å². The van der Waals surface area contributed by atoms with Gasteiger partial charge in [0, 0.05) is 5.25 Å². The second-order valence-electron chi connectivity index (χ2n) is 4.30. The Balaban J connectivity index is 2.21. The molecule has 0 radical (unpaired) electrons. The summed E-state index contributed by atoms with van der Waals surface area (Å²) < 4.78 is 0. The van der Waals surface area contributed by atoms with Crippen molar-refractivity contribution < 1.29 is 15.0 Å². The van der Waals surface area contributed by atoms with E-state index in [4.69, 9.17) is 0 Å². The lowest BCUT2D eigenvalue weighted by molar-refractivity contribution is -0.307. The molecule has 1 aliphatic rings. The maximum atomic E-state index is 10.9. The molecule has 0 unspecified atom stereocenters. The van der Waals surface area contributed by atoms with Crippen LogP contribution in [0.5, 0.6) is 0 Å². The van der Waals surface area contributed by atoms with Gasteiger partial charge in [-0.3, -0.25) is 0 Å².